The Labute approximate surface area is 418 Å². The van der Waals surface area contributed by atoms with Crippen LogP contribution in [0.2, 0.25) is 0 Å². The minimum atomic E-state index is -0.794. The fourth-order valence-electron chi connectivity index (χ4n) is 7.14. The van der Waals surface area contributed by atoms with Crippen LogP contribution in [-0.2, 0) is 28.6 Å². The molecular weight excluding hydrogens is 841 g/mol. The molecule has 0 aliphatic heterocycles. The third-order valence-corrected chi connectivity index (χ3v) is 11.2. The van der Waals surface area contributed by atoms with Gasteiger partial charge in [-0.15, -0.1) is 0 Å². The van der Waals surface area contributed by atoms with Gasteiger partial charge in [-0.2, -0.15) is 0 Å². The van der Waals surface area contributed by atoms with E-state index in [0.29, 0.717) is 19.3 Å². The number of carbonyl (C=O) groups is 3. The molecule has 0 spiro atoms. The predicted octanol–water partition coefficient (Wildman–Crippen LogP) is 18.5. The second-order valence-electron chi connectivity index (χ2n) is 17.7. The van der Waals surface area contributed by atoms with Crippen LogP contribution in [0.25, 0.3) is 0 Å². The number of esters is 3. The van der Waals surface area contributed by atoms with Gasteiger partial charge in [-0.3, -0.25) is 14.4 Å². The molecule has 0 saturated carbocycles. The second kappa shape index (κ2) is 55.4. The molecule has 0 aromatic heterocycles. The van der Waals surface area contributed by atoms with Crippen LogP contribution in [0.1, 0.15) is 233 Å². The van der Waals surface area contributed by atoms with Crippen molar-refractivity contribution in [2.24, 2.45) is 0 Å². The zero-order valence-corrected chi connectivity index (χ0v) is 43.8. The first kappa shape index (κ1) is 63.8. The third kappa shape index (κ3) is 52.8. The van der Waals surface area contributed by atoms with E-state index in [9.17, 15) is 14.4 Å². The van der Waals surface area contributed by atoms with Gasteiger partial charge in [-0.1, -0.05) is 226 Å². The number of carbonyl (C=O) groups excluding carboxylic acids is 3. The van der Waals surface area contributed by atoms with Crippen molar-refractivity contribution in [3.8, 4) is 0 Å². The number of hydrogen-bond donors (Lipinski definition) is 0. The van der Waals surface area contributed by atoms with Crippen molar-refractivity contribution in [3.63, 3.8) is 0 Å². The fraction of sp³-hybridized carbons (Fsp3) is 0.629. The maximum Gasteiger partial charge on any atom is 0.306 e. The van der Waals surface area contributed by atoms with Crippen molar-refractivity contribution >= 4 is 17.9 Å². The summed E-state index contributed by atoms with van der Waals surface area (Å²) in [6.45, 7) is 6.31. The highest BCUT2D eigenvalue weighted by Crippen LogP contribution is 2.14. The quantitative estimate of drug-likeness (QED) is 0.0262. The average molecular weight is 941 g/mol. The summed E-state index contributed by atoms with van der Waals surface area (Å²) in [5, 5.41) is 0. The lowest BCUT2D eigenvalue weighted by Crippen LogP contribution is -2.30. The molecule has 68 heavy (non-hydrogen) atoms. The zero-order valence-electron chi connectivity index (χ0n) is 43.8. The van der Waals surface area contributed by atoms with Crippen molar-refractivity contribution in [1.29, 1.82) is 0 Å². The predicted molar refractivity (Wildman–Crippen MR) is 293 cm³/mol. The van der Waals surface area contributed by atoms with E-state index < -0.39 is 6.10 Å². The van der Waals surface area contributed by atoms with Crippen LogP contribution >= 0.6 is 0 Å². The van der Waals surface area contributed by atoms with Crippen molar-refractivity contribution in [1.82, 2.24) is 0 Å². The van der Waals surface area contributed by atoms with Crippen LogP contribution in [0, 0.1) is 0 Å². The first-order valence-corrected chi connectivity index (χ1v) is 27.5. The topological polar surface area (TPSA) is 78.9 Å². The minimum absolute atomic E-state index is 0.0933. The molecule has 0 saturated heterocycles. The Balaban J connectivity index is 4.22. The summed E-state index contributed by atoms with van der Waals surface area (Å²) in [5.74, 6) is -0.941. The van der Waals surface area contributed by atoms with E-state index in [2.05, 4.69) is 142 Å². The summed E-state index contributed by atoms with van der Waals surface area (Å²) in [7, 11) is 0. The minimum Gasteiger partial charge on any atom is -0.462 e. The molecule has 0 aliphatic rings. The van der Waals surface area contributed by atoms with Gasteiger partial charge in [0.2, 0.25) is 0 Å². The Kier molecular flexibility index (Phi) is 52.0. The van der Waals surface area contributed by atoms with Crippen LogP contribution in [-0.4, -0.2) is 37.2 Å². The molecule has 384 valence electrons. The van der Waals surface area contributed by atoms with Gasteiger partial charge in [0.25, 0.3) is 0 Å². The first-order chi connectivity index (χ1) is 33.5. The summed E-state index contributed by atoms with van der Waals surface area (Å²) in [6.07, 6.45) is 76.4. The molecule has 1 atom stereocenters. The van der Waals surface area contributed by atoms with Gasteiger partial charge in [0.1, 0.15) is 13.2 Å². The molecule has 0 aromatic carbocycles. The molecule has 0 amide bonds. The number of hydrogen-bond acceptors (Lipinski definition) is 6. The van der Waals surface area contributed by atoms with Gasteiger partial charge in [0.05, 0.1) is 0 Å². The van der Waals surface area contributed by atoms with E-state index in [0.717, 1.165) is 141 Å². The Morgan fingerprint density at radius 3 is 0.897 bits per heavy atom. The van der Waals surface area contributed by atoms with Gasteiger partial charge in [0, 0.05) is 19.3 Å². The lowest BCUT2D eigenvalue weighted by Gasteiger charge is -2.18. The van der Waals surface area contributed by atoms with Gasteiger partial charge >= 0.3 is 17.9 Å². The lowest BCUT2D eigenvalue weighted by molar-refractivity contribution is -0.167. The average Bonchev–Trinajstić information content (AvgIpc) is 3.34. The van der Waals surface area contributed by atoms with Crippen LogP contribution < -0.4 is 0 Å². The molecule has 1 unspecified atom stereocenters. The van der Waals surface area contributed by atoms with E-state index in [1.165, 1.54) is 51.4 Å². The van der Waals surface area contributed by atoms with E-state index in [1.54, 1.807) is 0 Å². The summed E-state index contributed by atoms with van der Waals surface area (Å²) >= 11 is 0. The van der Waals surface area contributed by atoms with Crippen LogP contribution in [0.3, 0.4) is 0 Å². The van der Waals surface area contributed by atoms with Crippen LogP contribution in [0.15, 0.2) is 122 Å². The molecule has 0 aromatic rings. The normalized spacial score (nSPS) is 13.0. The van der Waals surface area contributed by atoms with Gasteiger partial charge in [-0.05, 0) is 109 Å². The SMILES string of the molecule is CC/C=C\C/C=C\C/C=C\C/C=C\C/C=C\C/C=C\CCCCCCCCCCC(=O)OCC(COC(=O)CCCCCCCC)OC(=O)CCCCCC/C=C\C/C=C\C/C=C\C/C=C\CC. The summed E-state index contributed by atoms with van der Waals surface area (Å²) < 4.78 is 16.7. The molecule has 0 rings (SSSR count). The van der Waals surface area contributed by atoms with Gasteiger partial charge in [0.15, 0.2) is 6.10 Å². The Morgan fingerprint density at radius 2 is 0.574 bits per heavy atom. The van der Waals surface area contributed by atoms with E-state index in [1.807, 2.05) is 0 Å². The second-order valence-corrected chi connectivity index (χ2v) is 17.7. The number of unbranched alkanes of at least 4 members (excludes halogenated alkanes) is 17. The molecule has 0 aliphatic carbocycles. The highest BCUT2D eigenvalue weighted by molar-refractivity contribution is 5.71. The Morgan fingerprint density at radius 1 is 0.309 bits per heavy atom. The van der Waals surface area contributed by atoms with Crippen LogP contribution in [0.4, 0.5) is 0 Å². The highest BCUT2D eigenvalue weighted by Gasteiger charge is 2.19. The number of rotatable bonds is 48. The van der Waals surface area contributed by atoms with Crippen molar-refractivity contribution < 1.29 is 28.6 Å². The van der Waals surface area contributed by atoms with Crippen molar-refractivity contribution in [3.05, 3.63) is 122 Å². The number of allylic oxidation sites excluding steroid dienone is 20. The van der Waals surface area contributed by atoms with E-state index in [-0.39, 0.29) is 31.1 Å². The molecule has 0 N–H and O–H groups in total. The fourth-order valence-corrected chi connectivity index (χ4v) is 7.14. The van der Waals surface area contributed by atoms with Crippen molar-refractivity contribution in [2.45, 2.75) is 239 Å². The summed E-state index contributed by atoms with van der Waals surface area (Å²) in [4.78, 5) is 37.8. The van der Waals surface area contributed by atoms with E-state index in [4.69, 9.17) is 14.2 Å². The van der Waals surface area contributed by atoms with E-state index >= 15 is 0 Å². The standard InChI is InChI=1S/C62H100O6/c1-4-7-10-13-16-18-20-22-24-26-27-28-29-30-31-32-33-34-35-37-38-40-42-44-46-49-52-55-61(64)67-58-59(57-66-60(63)54-51-48-15-12-9-6-3)68-62(65)56-53-50-47-45-43-41-39-36-25-23-21-19-17-14-11-8-5-2/h7-8,10-11,16-19,22-25,27-28,30-31,33-34,39,41,59H,4-6,9,12-15,20-21,26,29,32,35-38,40,42-58H2,1-3H3/b10-7-,11-8-,18-16-,19-17-,24-22-,25-23-,28-27-,31-30-,34-33-,41-39-. The monoisotopic (exact) mass is 941 g/mol. The van der Waals surface area contributed by atoms with Gasteiger partial charge < -0.3 is 14.2 Å². The van der Waals surface area contributed by atoms with Crippen molar-refractivity contribution in [2.75, 3.05) is 13.2 Å². The largest absolute Gasteiger partial charge is 0.462 e. The smallest absolute Gasteiger partial charge is 0.306 e. The molecule has 6 heteroatoms. The molecule has 0 radical (unpaired) electrons. The van der Waals surface area contributed by atoms with Crippen LogP contribution in [0.5, 0.6) is 0 Å². The zero-order chi connectivity index (χ0) is 49.3. The Hall–Kier alpha value is -4.19. The highest BCUT2D eigenvalue weighted by atomic mass is 16.6. The maximum absolute atomic E-state index is 12.8. The summed E-state index contributed by atoms with van der Waals surface area (Å²) in [5.41, 5.74) is 0. The third-order valence-electron chi connectivity index (χ3n) is 11.2. The molecule has 0 fully saturated rings. The summed E-state index contributed by atoms with van der Waals surface area (Å²) in [6, 6.07) is 0. The molecule has 6 nitrogen and oxygen atoms in total. The lowest BCUT2D eigenvalue weighted by atomic mass is 10.1. The first-order valence-electron chi connectivity index (χ1n) is 27.5. The number of ether oxygens (including phenoxy) is 3. The van der Waals surface area contributed by atoms with Gasteiger partial charge in [-0.25, -0.2) is 0 Å². The maximum atomic E-state index is 12.8. The Bertz CT molecular complexity index is 1450. The molecule has 0 bridgehead atoms. The molecule has 0 heterocycles. The molecular formula is C62H100O6.